The number of sulfonamides is 1. The fraction of sp³-hybridized carbons (Fsp3) is 0.385. The molecule has 0 saturated carbocycles. The quantitative estimate of drug-likeness (QED) is 0.848. The molecule has 19 heavy (non-hydrogen) atoms. The first-order valence-corrected chi connectivity index (χ1v) is 7.49. The van der Waals surface area contributed by atoms with Crippen molar-refractivity contribution in [3.8, 4) is 6.07 Å². The maximum atomic E-state index is 11.8. The molecule has 5 nitrogen and oxygen atoms in total. The van der Waals surface area contributed by atoms with Crippen LogP contribution in [0.5, 0.6) is 0 Å². The standard InChI is InChI=1S/C13H16N2O3S/c1-10(2)13(16)8-15-19(17,18)9-12-6-4-3-5-11(12)7-14/h3-6,10,15H,8-9H2,1-2H3. The van der Waals surface area contributed by atoms with Gasteiger partial charge in [0.25, 0.3) is 0 Å². The van der Waals surface area contributed by atoms with Crippen molar-refractivity contribution in [2.75, 3.05) is 6.54 Å². The van der Waals surface area contributed by atoms with E-state index in [4.69, 9.17) is 5.26 Å². The molecule has 0 aromatic heterocycles. The van der Waals surface area contributed by atoms with Crippen LogP contribution in [0.25, 0.3) is 0 Å². The van der Waals surface area contributed by atoms with Crippen molar-refractivity contribution in [2.45, 2.75) is 19.6 Å². The highest BCUT2D eigenvalue weighted by atomic mass is 32.2. The first-order valence-electron chi connectivity index (χ1n) is 5.84. The van der Waals surface area contributed by atoms with Crippen molar-refractivity contribution < 1.29 is 13.2 Å². The van der Waals surface area contributed by atoms with Gasteiger partial charge < -0.3 is 0 Å². The Morgan fingerprint density at radius 3 is 2.58 bits per heavy atom. The number of Topliss-reactive ketones (excluding diaryl/α,β-unsaturated/α-hetero) is 1. The Labute approximate surface area is 113 Å². The molecular weight excluding hydrogens is 264 g/mol. The van der Waals surface area contributed by atoms with Crippen LogP contribution in [-0.2, 0) is 20.6 Å². The second-order valence-corrected chi connectivity index (χ2v) is 6.28. The summed E-state index contributed by atoms with van der Waals surface area (Å²) in [7, 11) is -3.62. The van der Waals surface area contributed by atoms with E-state index in [2.05, 4.69) is 4.72 Å². The summed E-state index contributed by atoms with van der Waals surface area (Å²) in [5.74, 6) is -0.687. The average Bonchev–Trinajstić information content (AvgIpc) is 2.36. The van der Waals surface area contributed by atoms with Crippen molar-refractivity contribution in [1.29, 1.82) is 5.26 Å². The van der Waals surface area contributed by atoms with Crippen LogP contribution in [0.1, 0.15) is 25.0 Å². The van der Waals surface area contributed by atoms with E-state index in [1.165, 1.54) is 0 Å². The Hall–Kier alpha value is -1.71. The molecule has 0 fully saturated rings. The van der Waals surface area contributed by atoms with Crippen LogP contribution in [0.3, 0.4) is 0 Å². The summed E-state index contributed by atoms with van der Waals surface area (Å²) < 4.78 is 25.9. The summed E-state index contributed by atoms with van der Waals surface area (Å²) in [4.78, 5) is 11.4. The molecule has 0 aliphatic rings. The largest absolute Gasteiger partial charge is 0.298 e. The van der Waals surface area contributed by atoms with Crippen molar-refractivity contribution in [3.63, 3.8) is 0 Å². The summed E-state index contributed by atoms with van der Waals surface area (Å²) >= 11 is 0. The first-order chi connectivity index (χ1) is 8.85. The maximum absolute atomic E-state index is 11.8. The monoisotopic (exact) mass is 280 g/mol. The van der Waals surface area contributed by atoms with E-state index in [0.717, 1.165) is 0 Å². The van der Waals surface area contributed by atoms with Crippen LogP contribution in [0.15, 0.2) is 24.3 Å². The third-order valence-electron chi connectivity index (χ3n) is 2.59. The Kier molecular flexibility index (Phi) is 5.21. The number of hydrogen-bond acceptors (Lipinski definition) is 4. The lowest BCUT2D eigenvalue weighted by atomic mass is 10.1. The Bertz CT molecular complexity index is 601. The average molecular weight is 280 g/mol. The van der Waals surface area contributed by atoms with E-state index in [0.29, 0.717) is 11.1 Å². The fourth-order valence-corrected chi connectivity index (χ4v) is 2.52. The SMILES string of the molecule is CC(C)C(=O)CNS(=O)(=O)Cc1ccccc1C#N. The highest BCUT2D eigenvalue weighted by molar-refractivity contribution is 7.88. The predicted molar refractivity (Wildman–Crippen MR) is 71.6 cm³/mol. The number of nitrogens with zero attached hydrogens (tertiary/aromatic N) is 1. The topological polar surface area (TPSA) is 87.0 Å². The molecule has 0 aliphatic carbocycles. The van der Waals surface area contributed by atoms with E-state index in [9.17, 15) is 13.2 Å². The Morgan fingerprint density at radius 1 is 1.37 bits per heavy atom. The zero-order valence-corrected chi connectivity index (χ0v) is 11.7. The van der Waals surface area contributed by atoms with Crippen LogP contribution >= 0.6 is 0 Å². The van der Waals surface area contributed by atoms with Gasteiger partial charge in [-0.2, -0.15) is 5.26 Å². The minimum absolute atomic E-state index is 0.169. The summed E-state index contributed by atoms with van der Waals surface area (Å²) in [5, 5.41) is 8.89. The molecule has 0 unspecified atom stereocenters. The molecule has 0 bridgehead atoms. The molecule has 1 aromatic rings. The summed E-state index contributed by atoms with van der Waals surface area (Å²) in [6.45, 7) is 3.21. The summed E-state index contributed by atoms with van der Waals surface area (Å²) in [6.07, 6.45) is 0. The molecule has 0 amide bonds. The third kappa shape index (κ3) is 4.81. The molecule has 6 heteroatoms. The van der Waals surface area contributed by atoms with Crippen LogP contribution in [0, 0.1) is 17.2 Å². The lowest BCUT2D eigenvalue weighted by Gasteiger charge is -2.08. The third-order valence-corrected chi connectivity index (χ3v) is 3.87. The fourth-order valence-electron chi connectivity index (χ4n) is 1.40. The first kappa shape index (κ1) is 15.3. The minimum Gasteiger partial charge on any atom is -0.298 e. The number of nitriles is 1. The van der Waals surface area contributed by atoms with Gasteiger partial charge >= 0.3 is 0 Å². The maximum Gasteiger partial charge on any atom is 0.216 e. The summed E-state index contributed by atoms with van der Waals surface area (Å²) in [5.41, 5.74) is 0.748. The van der Waals surface area contributed by atoms with E-state index in [1.807, 2.05) is 6.07 Å². The van der Waals surface area contributed by atoms with Crippen molar-refractivity contribution >= 4 is 15.8 Å². The van der Waals surface area contributed by atoms with Gasteiger partial charge in [0.05, 0.1) is 23.9 Å². The molecule has 0 heterocycles. The van der Waals surface area contributed by atoms with Gasteiger partial charge in [-0.05, 0) is 11.6 Å². The molecule has 1 aromatic carbocycles. The Balaban J connectivity index is 2.75. The molecule has 1 rings (SSSR count). The van der Waals surface area contributed by atoms with Gasteiger partial charge in [-0.15, -0.1) is 0 Å². The number of carbonyl (C=O) groups is 1. The summed E-state index contributed by atoms with van der Waals surface area (Å²) in [6, 6.07) is 8.43. The molecular formula is C13H16N2O3S. The number of hydrogen-bond donors (Lipinski definition) is 1. The van der Waals surface area contributed by atoms with Gasteiger partial charge in [-0.1, -0.05) is 32.0 Å². The normalized spacial score (nSPS) is 11.3. The Morgan fingerprint density at radius 2 is 2.00 bits per heavy atom. The van der Waals surface area contributed by atoms with Gasteiger partial charge in [0.2, 0.25) is 10.0 Å². The zero-order valence-electron chi connectivity index (χ0n) is 10.9. The van der Waals surface area contributed by atoms with E-state index in [-0.39, 0.29) is 24.0 Å². The van der Waals surface area contributed by atoms with Crippen molar-refractivity contribution in [2.24, 2.45) is 5.92 Å². The minimum atomic E-state index is -3.62. The van der Waals surface area contributed by atoms with Crippen molar-refractivity contribution in [3.05, 3.63) is 35.4 Å². The predicted octanol–water partition coefficient (Wildman–Crippen LogP) is 1.20. The lowest BCUT2D eigenvalue weighted by molar-refractivity contribution is -0.120. The van der Waals surface area contributed by atoms with Gasteiger partial charge in [-0.3, -0.25) is 4.79 Å². The molecule has 0 atom stereocenters. The number of benzene rings is 1. The zero-order chi connectivity index (χ0) is 14.5. The van der Waals surface area contributed by atoms with E-state index in [1.54, 1.807) is 38.1 Å². The van der Waals surface area contributed by atoms with Crippen LogP contribution in [-0.4, -0.2) is 20.7 Å². The smallest absolute Gasteiger partial charge is 0.216 e. The number of rotatable bonds is 6. The molecule has 1 N–H and O–H groups in total. The number of ketones is 1. The number of nitrogens with one attached hydrogen (secondary N) is 1. The molecule has 0 spiro atoms. The van der Waals surface area contributed by atoms with Gasteiger partial charge in [0.15, 0.2) is 0 Å². The molecule has 102 valence electrons. The van der Waals surface area contributed by atoms with Crippen LogP contribution < -0.4 is 4.72 Å². The molecule has 0 aliphatic heterocycles. The highest BCUT2D eigenvalue weighted by Gasteiger charge is 2.16. The van der Waals surface area contributed by atoms with Crippen LogP contribution in [0.2, 0.25) is 0 Å². The van der Waals surface area contributed by atoms with Crippen LogP contribution in [0.4, 0.5) is 0 Å². The second kappa shape index (κ2) is 6.45. The highest BCUT2D eigenvalue weighted by Crippen LogP contribution is 2.10. The van der Waals surface area contributed by atoms with Gasteiger partial charge in [-0.25, -0.2) is 13.1 Å². The second-order valence-electron chi connectivity index (χ2n) is 4.47. The van der Waals surface area contributed by atoms with Crippen molar-refractivity contribution in [1.82, 2.24) is 4.72 Å². The molecule has 0 radical (unpaired) electrons. The van der Waals surface area contributed by atoms with Gasteiger partial charge in [0.1, 0.15) is 5.78 Å². The van der Waals surface area contributed by atoms with E-state index >= 15 is 0 Å². The number of carbonyl (C=O) groups excluding carboxylic acids is 1. The van der Waals surface area contributed by atoms with Gasteiger partial charge in [0, 0.05) is 5.92 Å². The molecule has 0 saturated heterocycles. The lowest BCUT2D eigenvalue weighted by Crippen LogP contribution is -2.32. The van der Waals surface area contributed by atoms with E-state index < -0.39 is 10.0 Å².